The van der Waals surface area contributed by atoms with Crippen LogP contribution in [0.25, 0.3) is 0 Å². The molecule has 6 rings (SSSR count). The lowest BCUT2D eigenvalue weighted by Gasteiger charge is -2.46. The van der Waals surface area contributed by atoms with Crippen molar-refractivity contribution >= 4 is 17.4 Å². The molecule has 0 fully saturated rings. The van der Waals surface area contributed by atoms with Crippen LogP contribution < -0.4 is 10.6 Å². The Morgan fingerprint density at radius 1 is 1.13 bits per heavy atom. The largest absolute Gasteiger partial charge is 0.400 e. The third-order valence-electron chi connectivity index (χ3n) is 8.51. The van der Waals surface area contributed by atoms with Crippen molar-refractivity contribution in [2.45, 2.75) is 38.1 Å². The van der Waals surface area contributed by atoms with Gasteiger partial charge in [-0.1, -0.05) is 66.2 Å². The van der Waals surface area contributed by atoms with Crippen molar-refractivity contribution in [2.75, 3.05) is 4.90 Å². The van der Waals surface area contributed by atoms with E-state index in [0.717, 1.165) is 29.5 Å². The number of fused-ring (bicyclic) bond motifs is 3. The number of hydrogen-bond acceptors (Lipinski definition) is 4. The first-order valence-electron chi connectivity index (χ1n) is 13.3. The highest BCUT2D eigenvalue weighted by molar-refractivity contribution is 6.15. The third-order valence-corrected chi connectivity index (χ3v) is 8.51. The Morgan fingerprint density at radius 3 is 2.59 bits per heavy atom. The summed E-state index contributed by atoms with van der Waals surface area (Å²) in [5, 5.41) is 10.3. The summed E-state index contributed by atoms with van der Waals surface area (Å²) in [7, 11) is 0. The molecular formula is C33H28FN3O2. The molecule has 0 saturated heterocycles. The summed E-state index contributed by atoms with van der Waals surface area (Å²) in [6, 6.07) is 23.3. The van der Waals surface area contributed by atoms with Gasteiger partial charge in [0, 0.05) is 22.5 Å². The molecule has 2 aliphatic carbocycles. The van der Waals surface area contributed by atoms with Crippen molar-refractivity contribution in [1.29, 1.82) is 5.26 Å². The van der Waals surface area contributed by atoms with Crippen LogP contribution in [0.4, 0.5) is 10.1 Å². The Bertz CT molecular complexity index is 1600. The predicted octanol–water partition coefficient (Wildman–Crippen LogP) is 5.89. The van der Waals surface area contributed by atoms with Gasteiger partial charge in [0.2, 0.25) is 5.91 Å². The Labute approximate surface area is 227 Å². The lowest BCUT2D eigenvalue weighted by molar-refractivity contribution is -0.124. The molecule has 0 bridgehead atoms. The number of Topliss-reactive ketones (excluding diaryl/α,β-unsaturated/α-hetero) is 1. The van der Waals surface area contributed by atoms with Crippen molar-refractivity contribution in [2.24, 2.45) is 17.6 Å². The quantitative estimate of drug-likeness (QED) is 0.437. The standard InChI is InChI=1S/C33H28FN3O2/c1-20-11-13-22(14-12-20)30(38)29-25-10-6-5-9-24(25)26(18-35)31(36)33(29)27-17-23(34)15-16-28(27)37(32(33)39)19-21-7-3-2-4-8-21/h2-4,7-9,11-17,25,29H,5-6,10,19,36H2,1H3. The van der Waals surface area contributed by atoms with E-state index in [2.05, 4.69) is 6.07 Å². The molecule has 1 amide bonds. The lowest BCUT2D eigenvalue weighted by Crippen LogP contribution is -2.57. The van der Waals surface area contributed by atoms with Gasteiger partial charge < -0.3 is 10.6 Å². The van der Waals surface area contributed by atoms with E-state index in [1.807, 2.05) is 55.5 Å². The monoisotopic (exact) mass is 517 g/mol. The summed E-state index contributed by atoms with van der Waals surface area (Å²) in [4.78, 5) is 30.9. The number of carbonyl (C=O) groups is 2. The summed E-state index contributed by atoms with van der Waals surface area (Å²) in [6.45, 7) is 2.17. The van der Waals surface area contributed by atoms with Gasteiger partial charge in [0.05, 0.1) is 18.0 Å². The van der Waals surface area contributed by atoms with E-state index < -0.39 is 29.0 Å². The first kappa shape index (κ1) is 24.8. The van der Waals surface area contributed by atoms with Gasteiger partial charge in [-0.2, -0.15) is 5.26 Å². The molecule has 39 heavy (non-hydrogen) atoms. The Balaban J connectivity index is 1.65. The molecule has 3 aromatic carbocycles. The van der Waals surface area contributed by atoms with Gasteiger partial charge in [-0.3, -0.25) is 9.59 Å². The normalized spacial score (nSPS) is 23.8. The van der Waals surface area contributed by atoms with Gasteiger partial charge >= 0.3 is 0 Å². The molecule has 1 spiro atoms. The third kappa shape index (κ3) is 3.64. The van der Waals surface area contributed by atoms with E-state index in [0.29, 0.717) is 23.2 Å². The smallest absolute Gasteiger partial charge is 0.244 e. The molecule has 194 valence electrons. The van der Waals surface area contributed by atoms with E-state index >= 15 is 0 Å². The molecule has 0 aromatic heterocycles. The van der Waals surface area contributed by atoms with Crippen LogP contribution in [0, 0.1) is 35.9 Å². The minimum absolute atomic E-state index is 0.0345. The summed E-state index contributed by atoms with van der Waals surface area (Å²) in [5.41, 5.74) is 9.39. The molecule has 0 radical (unpaired) electrons. The number of nitrogens with zero attached hydrogens (tertiary/aromatic N) is 2. The number of aryl methyl sites for hydroxylation is 1. The number of rotatable bonds is 4. The number of nitriles is 1. The van der Waals surface area contributed by atoms with Gasteiger partial charge in [0.1, 0.15) is 17.3 Å². The molecule has 3 unspecified atom stereocenters. The summed E-state index contributed by atoms with van der Waals surface area (Å²) in [5.74, 6) is -2.46. The van der Waals surface area contributed by atoms with Crippen LogP contribution in [0.1, 0.15) is 46.3 Å². The van der Waals surface area contributed by atoms with Gasteiger partial charge in [-0.05, 0) is 61.4 Å². The number of carbonyl (C=O) groups excluding carboxylic acids is 2. The Hall–Kier alpha value is -4.50. The average molecular weight is 518 g/mol. The van der Waals surface area contributed by atoms with Crippen molar-refractivity contribution in [3.8, 4) is 6.07 Å². The molecule has 1 heterocycles. The van der Waals surface area contributed by atoms with E-state index in [4.69, 9.17) is 5.73 Å². The number of benzene rings is 3. The van der Waals surface area contributed by atoms with Crippen LogP contribution in [-0.2, 0) is 16.8 Å². The molecule has 3 aliphatic rings. The van der Waals surface area contributed by atoms with Crippen LogP contribution in [0.5, 0.6) is 0 Å². The number of amides is 1. The van der Waals surface area contributed by atoms with Crippen LogP contribution >= 0.6 is 0 Å². The number of allylic oxidation sites excluding steroid dienone is 3. The van der Waals surface area contributed by atoms with E-state index in [-0.39, 0.29) is 23.6 Å². The van der Waals surface area contributed by atoms with E-state index in [9.17, 15) is 19.2 Å². The minimum Gasteiger partial charge on any atom is -0.400 e. The highest BCUT2D eigenvalue weighted by Crippen LogP contribution is 2.59. The predicted molar refractivity (Wildman–Crippen MR) is 147 cm³/mol. The highest BCUT2D eigenvalue weighted by Gasteiger charge is 2.65. The second-order valence-electron chi connectivity index (χ2n) is 10.7. The zero-order valence-corrected chi connectivity index (χ0v) is 21.7. The zero-order valence-electron chi connectivity index (χ0n) is 21.7. The van der Waals surface area contributed by atoms with Crippen molar-refractivity contribution in [3.63, 3.8) is 0 Å². The topological polar surface area (TPSA) is 87.2 Å². The van der Waals surface area contributed by atoms with Crippen LogP contribution in [-0.4, -0.2) is 11.7 Å². The molecule has 3 atom stereocenters. The number of nitrogens with two attached hydrogens (primary N) is 1. The summed E-state index contributed by atoms with van der Waals surface area (Å²) >= 11 is 0. The number of anilines is 1. The fourth-order valence-corrected chi connectivity index (χ4v) is 6.74. The molecule has 5 nitrogen and oxygen atoms in total. The fourth-order valence-electron chi connectivity index (χ4n) is 6.74. The molecule has 0 saturated carbocycles. The van der Waals surface area contributed by atoms with Gasteiger partial charge in [0.15, 0.2) is 5.78 Å². The molecule has 1 aliphatic heterocycles. The Kier molecular flexibility index (Phi) is 5.95. The van der Waals surface area contributed by atoms with Crippen LogP contribution in [0.3, 0.4) is 0 Å². The maximum absolute atomic E-state index is 15.0. The average Bonchev–Trinajstić information content (AvgIpc) is 3.17. The van der Waals surface area contributed by atoms with Crippen LogP contribution in [0.2, 0.25) is 0 Å². The first-order valence-corrected chi connectivity index (χ1v) is 13.3. The fraction of sp³-hybridized carbons (Fsp3) is 0.242. The Morgan fingerprint density at radius 2 is 1.87 bits per heavy atom. The second-order valence-corrected chi connectivity index (χ2v) is 10.7. The van der Waals surface area contributed by atoms with Crippen molar-refractivity contribution in [3.05, 3.63) is 124 Å². The zero-order chi connectivity index (χ0) is 27.3. The van der Waals surface area contributed by atoms with Gasteiger partial charge in [0.25, 0.3) is 0 Å². The summed E-state index contributed by atoms with van der Waals surface area (Å²) < 4.78 is 15.0. The van der Waals surface area contributed by atoms with Crippen molar-refractivity contribution in [1.82, 2.24) is 0 Å². The van der Waals surface area contributed by atoms with Crippen LogP contribution in [0.15, 0.2) is 95.7 Å². The number of hydrogen-bond donors (Lipinski definition) is 1. The maximum Gasteiger partial charge on any atom is 0.244 e. The highest BCUT2D eigenvalue weighted by atomic mass is 19.1. The molecule has 6 heteroatoms. The van der Waals surface area contributed by atoms with Gasteiger partial charge in [-0.25, -0.2) is 4.39 Å². The maximum atomic E-state index is 15.0. The van der Waals surface area contributed by atoms with Crippen molar-refractivity contribution < 1.29 is 14.0 Å². The van der Waals surface area contributed by atoms with Gasteiger partial charge in [-0.15, -0.1) is 0 Å². The number of ketones is 1. The second kappa shape index (κ2) is 9.36. The molecule has 2 N–H and O–H groups in total. The first-order chi connectivity index (χ1) is 18.9. The summed E-state index contributed by atoms with van der Waals surface area (Å²) in [6.07, 6.45) is 4.20. The molecule has 3 aromatic rings. The lowest BCUT2D eigenvalue weighted by atomic mass is 9.54. The SMILES string of the molecule is Cc1ccc(C(=O)C2C3CCCC=C3C(C#N)=C(N)C23C(=O)N(Cc2ccccc2)c2ccc(F)cc23)cc1. The van der Waals surface area contributed by atoms with E-state index in [1.165, 1.54) is 12.1 Å². The van der Waals surface area contributed by atoms with E-state index in [1.54, 1.807) is 23.1 Å². The molecular weight excluding hydrogens is 489 g/mol. The minimum atomic E-state index is -1.70. The number of halogens is 1.